The average molecular weight is 517 g/mol. The summed E-state index contributed by atoms with van der Waals surface area (Å²) in [5, 5.41) is 14.8. The standard InChI is InChI=1S/C30H32N2O6/c1-3-26(28(33)32-27(29(34)35)19(2)37-17-20-11-5-4-6-12-20)31-30(36)38-18-25-23-15-9-7-13-21(23)22-14-8-10-16-24(22)25/h4-16,19,25-27H,3,17-18H2,1-2H3,(H,31,36)(H,32,33)(H,34,35)/t19-,26?,27+/m1/s1. The van der Waals surface area contributed by atoms with Crippen LogP contribution in [0, 0.1) is 0 Å². The van der Waals surface area contributed by atoms with E-state index in [1.54, 1.807) is 13.8 Å². The van der Waals surface area contributed by atoms with E-state index in [2.05, 4.69) is 22.8 Å². The molecule has 8 nitrogen and oxygen atoms in total. The highest BCUT2D eigenvalue weighted by molar-refractivity contribution is 5.89. The highest BCUT2D eigenvalue weighted by atomic mass is 16.5. The number of nitrogens with one attached hydrogen (secondary N) is 2. The molecule has 0 saturated carbocycles. The van der Waals surface area contributed by atoms with Gasteiger partial charge in [0.2, 0.25) is 5.91 Å². The van der Waals surface area contributed by atoms with Gasteiger partial charge in [-0.05, 0) is 41.2 Å². The van der Waals surface area contributed by atoms with E-state index in [0.717, 1.165) is 27.8 Å². The summed E-state index contributed by atoms with van der Waals surface area (Å²) in [5.41, 5.74) is 5.29. The minimum Gasteiger partial charge on any atom is -0.480 e. The normalized spacial score (nSPS) is 14.5. The van der Waals surface area contributed by atoms with Gasteiger partial charge in [-0.2, -0.15) is 0 Å². The first-order valence-corrected chi connectivity index (χ1v) is 12.7. The van der Waals surface area contributed by atoms with Crippen LogP contribution >= 0.6 is 0 Å². The molecule has 198 valence electrons. The largest absolute Gasteiger partial charge is 0.480 e. The quantitative estimate of drug-likeness (QED) is 0.346. The Morgan fingerprint density at radius 1 is 0.868 bits per heavy atom. The lowest BCUT2D eigenvalue weighted by atomic mass is 9.98. The van der Waals surface area contributed by atoms with E-state index in [0.29, 0.717) is 0 Å². The number of carboxylic acids is 1. The van der Waals surface area contributed by atoms with Crippen LogP contribution < -0.4 is 10.6 Å². The lowest BCUT2D eigenvalue weighted by Crippen LogP contribution is -2.55. The number of hydrogen-bond acceptors (Lipinski definition) is 5. The first-order valence-electron chi connectivity index (χ1n) is 12.7. The van der Waals surface area contributed by atoms with E-state index in [1.807, 2.05) is 66.7 Å². The van der Waals surface area contributed by atoms with Gasteiger partial charge in [-0.15, -0.1) is 0 Å². The Balaban J connectivity index is 1.33. The Kier molecular flexibility index (Phi) is 8.76. The van der Waals surface area contributed by atoms with Crippen molar-refractivity contribution in [2.24, 2.45) is 0 Å². The van der Waals surface area contributed by atoms with Crippen LogP contribution in [0.4, 0.5) is 4.79 Å². The number of alkyl carbamates (subject to hydrolysis) is 1. The number of aliphatic carboxylic acids is 1. The van der Waals surface area contributed by atoms with Crippen LogP contribution in [0.15, 0.2) is 78.9 Å². The van der Waals surface area contributed by atoms with Crippen LogP contribution in [0.2, 0.25) is 0 Å². The van der Waals surface area contributed by atoms with Gasteiger partial charge in [0.25, 0.3) is 0 Å². The van der Waals surface area contributed by atoms with Crippen molar-refractivity contribution < 1.29 is 29.0 Å². The number of fused-ring (bicyclic) bond motifs is 3. The SMILES string of the molecule is CCC(NC(=O)OCC1c2ccccc2-c2ccccc21)C(=O)N[C@H](C(=O)O)[C@@H](C)OCc1ccccc1. The summed E-state index contributed by atoms with van der Waals surface area (Å²) < 4.78 is 11.2. The molecule has 0 aromatic heterocycles. The van der Waals surface area contributed by atoms with Crippen LogP contribution in [-0.2, 0) is 25.7 Å². The van der Waals surface area contributed by atoms with E-state index in [-0.39, 0.29) is 25.6 Å². The molecule has 4 rings (SSSR count). The highest BCUT2D eigenvalue weighted by Crippen LogP contribution is 2.44. The number of carbonyl (C=O) groups is 3. The molecule has 2 amide bonds. The Hall–Kier alpha value is -4.17. The molecule has 0 radical (unpaired) electrons. The van der Waals surface area contributed by atoms with Crippen molar-refractivity contribution in [3.63, 3.8) is 0 Å². The maximum absolute atomic E-state index is 12.9. The molecule has 8 heteroatoms. The second kappa shape index (κ2) is 12.4. The predicted octanol–water partition coefficient (Wildman–Crippen LogP) is 4.48. The summed E-state index contributed by atoms with van der Waals surface area (Å²) in [5.74, 6) is -1.96. The van der Waals surface area contributed by atoms with Gasteiger partial charge in [0.05, 0.1) is 12.7 Å². The Morgan fingerprint density at radius 2 is 1.45 bits per heavy atom. The van der Waals surface area contributed by atoms with Crippen molar-refractivity contribution in [3.05, 3.63) is 95.6 Å². The van der Waals surface area contributed by atoms with Crippen molar-refractivity contribution in [1.82, 2.24) is 10.6 Å². The lowest BCUT2D eigenvalue weighted by Gasteiger charge is -2.25. The van der Waals surface area contributed by atoms with Crippen LogP contribution in [0.1, 0.15) is 42.9 Å². The van der Waals surface area contributed by atoms with Gasteiger partial charge in [-0.1, -0.05) is 85.8 Å². The summed E-state index contributed by atoms with van der Waals surface area (Å²) in [6.45, 7) is 3.62. The smallest absolute Gasteiger partial charge is 0.407 e. The molecule has 0 spiro atoms. The zero-order valence-corrected chi connectivity index (χ0v) is 21.4. The molecule has 3 aromatic rings. The van der Waals surface area contributed by atoms with E-state index in [1.165, 1.54) is 0 Å². The molecule has 3 atom stereocenters. The van der Waals surface area contributed by atoms with Crippen molar-refractivity contribution in [3.8, 4) is 11.1 Å². The molecule has 1 aliphatic carbocycles. The molecule has 0 fully saturated rings. The van der Waals surface area contributed by atoms with Gasteiger partial charge < -0.3 is 25.2 Å². The van der Waals surface area contributed by atoms with Gasteiger partial charge in [-0.3, -0.25) is 4.79 Å². The Morgan fingerprint density at radius 3 is 2.03 bits per heavy atom. The summed E-state index contributed by atoms with van der Waals surface area (Å²) in [4.78, 5) is 37.4. The summed E-state index contributed by atoms with van der Waals surface area (Å²) in [7, 11) is 0. The first-order chi connectivity index (χ1) is 18.4. The topological polar surface area (TPSA) is 114 Å². The lowest BCUT2D eigenvalue weighted by molar-refractivity contribution is -0.146. The zero-order chi connectivity index (χ0) is 27.1. The third-order valence-corrected chi connectivity index (χ3v) is 6.75. The van der Waals surface area contributed by atoms with Crippen molar-refractivity contribution >= 4 is 18.0 Å². The number of carbonyl (C=O) groups excluding carboxylic acids is 2. The maximum Gasteiger partial charge on any atom is 0.407 e. The monoisotopic (exact) mass is 516 g/mol. The Labute approximate surface area is 222 Å². The maximum atomic E-state index is 12.9. The number of hydrogen-bond donors (Lipinski definition) is 3. The second-order valence-electron chi connectivity index (χ2n) is 9.26. The molecule has 38 heavy (non-hydrogen) atoms. The number of rotatable bonds is 11. The summed E-state index contributed by atoms with van der Waals surface area (Å²) >= 11 is 0. The van der Waals surface area contributed by atoms with E-state index < -0.39 is 36.2 Å². The minimum atomic E-state index is -1.29. The molecular weight excluding hydrogens is 484 g/mol. The van der Waals surface area contributed by atoms with E-state index in [4.69, 9.17) is 9.47 Å². The fraction of sp³-hybridized carbons (Fsp3) is 0.300. The molecule has 1 aliphatic rings. The average Bonchev–Trinajstić information content (AvgIpc) is 3.26. The highest BCUT2D eigenvalue weighted by Gasteiger charge is 2.32. The molecule has 0 heterocycles. The molecule has 0 saturated heterocycles. The van der Waals surface area contributed by atoms with Gasteiger partial charge in [0.15, 0.2) is 6.04 Å². The minimum absolute atomic E-state index is 0.110. The van der Waals surface area contributed by atoms with Crippen LogP contribution in [-0.4, -0.2) is 47.9 Å². The van der Waals surface area contributed by atoms with Gasteiger partial charge >= 0.3 is 12.1 Å². The zero-order valence-electron chi connectivity index (χ0n) is 21.4. The number of carboxylic acid groups (broad SMARTS) is 1. The van der Waals surface area contributed by atoms with Crippen molar-refractivity contribution in [2.75, 3.05) is 6.61 Å². The summed E-state index contributed by atoms with van der Waals surface area (Å²) in [6, 6.07) is 23.1. The molecule has 3 aromatic carbocycles. The van der Waals surface area contributed by atoms with E-state index >= 15 is 0 Å². The molecule has 1 unspecified atom stereocenters. The Bertz CT molecular complexity index is 1230. The number of amides is 2. The number of ether oxygens (including phenoxy) is 2. The fourth-order valence-electron chi connectivity index (χ4n) is 4.67. The van der Waals surface area contributed by atoms with Crippen LogP contribution in [0.25, 0.3) is 11.1 Å². The van der Waals surface area contributed by atoms with E-state index in [9.17, 15) is 19.5 Å². The van der Waals surface area contributed by atoms with Crippen LogP contribution in [0.3, 0.4) is 0 Å². The van der Waals surface area contributed by atoms with Crippen LogP contribution in [0.5, 0.6) is 0 Å². The van der Waals surface area contributed by atoms with Gasteiger partial charge in [0, 0.05) is 5.92 Å². The predicted molar refractivity (Wildman–Crippen MR) is 143 cm³/mol. The van der Waals surface area contributed by atoms with Crippen molar-refractivity contribution in [1.29, 1.82) is 0 Å². The number of benzene rings is 3. The van der Waals surface area contributed by atoms with Gasteiger partial charge in [-0.25, -0.2) is 9.59 Å². The van der Waals surface area contributed by atoms with Crippen molar-refractivity contribution in [2.45, 2.75) is 51.0 Å². The summed E-state index contributed by atoms with van der Waals surface area (Å²) in [6.07, 6.45) is -1.29. The fourth-order valence-corrected chi connectivity index (χ4v) is 4.67. The van der Waals surface area contributed by atoms with Gasteiger partial charge in [0.1, 0.15) is 12.6 Å². The third-order valence-electron chi connectivity index (χ3n) is 6.75. The molecule has 0 aliphatic heterocycles. The third kappa shape index (κ3) is 6.20. The molecule has 0 bridgehead atoms. The first kappa shape index (κ1) is 26.9. The molecule has 3 N–H and O–H groups in total. The molecular formula is C30H32N2O6. The second-order valence-corrected chi connectivity index (χ2v) is 9.26.